The van der Waals surface area contributed by atoms with Crippen molar-refractivity contribution in [3.05, 3.63) is 84.1 Å². The lowest BCUT2D eigenvalue weighted by molar-refractivity contribution is -0.110. The smallest absolute Gasteiger partial charge is 0.256 e. The second-order valence-corrected chi connectivity index (χ2v) is 5.37. The van der Waals surface area contributed by atoms with Gasteiger partial charge in [-0.15, -0.1) is 0 Å². The van der Waals surface area contributed by atoms with Crippen LogP contribution < -0.4 is 5.32 Å². The van der Waals surface area contributed by atoms with Crippen LogP contribution in [0, 0.1) is 0 Å². The maximum Gasteiger partial charge on any atom is 0.256 e. The first-order chi connectivity index (χ1) is 11.3. The Hall–Kier alpha value is -3.20. The molecule has 0 saturated heterocycles. The molecular weight excluding hydrogens is 284 g/mol. The molecule has 0 unspecified atom stereocenters. The van der Waals surface area contributed by atoms with Crippen LogP contribution >= 0.6 is 0 Å². The van der Waals surface area contributed by atoms with E-state index < -0.39 is 0 Å². The third kappa shape index (κ3) is 2.53. The maximum atomic E-state index is 12.2. The zero-order valence-electron chi connectivity index (χ0n) is 12.4. The van der Waals surface area contributed by atoms with Gasteiger partial charge < -0.3 is 5.32 Å². The Bertz CT molecular complexity index is 914. The molecule has 1 amide bonds. The Balaban J connectivity index is 1.76. The van der Waals surface area contributed by atoms with Gasteiger partial charge in [0.1, 0.15) is 0 Å². The van der Waals surface area contributed by atoms with Gasteiger partial charge in [-0.2, -0.15) is 0 Å². The van der Waals surface area contributed by atoms with Crippen molar-refractivity contribution >= 4 is 23.2 Å². The van der Waals surface area contributed by atoms with Crippen LogP contribution in [0.25, 0.3) is 22.9 Å². The summed E-state index contributed by atoms with van der Waals surface area (Å²) in [5.41, 5.74) is 5.15. The highest BCUT2D eigenvalue weighted by Gasteiger charge is 2.23. The maximum absolute atomic E-state index is 12.2. The van der Waals surface area contributed by atoms with Crippen molar-refractivity contribution in [3.63, 3.8) is 0 Å². The van der Waals surface area contributed by atoms with E-state index in [1.165, 1.54) is 0 Å². The van der Waals surface area contributed by atoms with Gasteiger partial charge in [0.25, 0.3) is 5.91 Å². The van der Waals surface area contributed by atoms with Gasteiger partial charge in [0.15, 0.2) is 0 Å². The lowest BCUT2D eigenvalue weighted by Gasteiger charge is -2.03. The number of hydrogen-bond donors (Lipinski definition) is 1. The third-order valence-corrected chi connectivity index (χ3v) is 3.84. The molecule has 110 valence electrons. The van der Waals surface area contributed by atoms with E-state index in [0.717, 1.165) is 28.2 Å². The van der Waals surface area contributed by atoms with Crippen LogP contribution in [0.2, 0.25) is 0 Å². The fraction of sp³-hybridized carbons (Fsp3) is 0. The molecule has 2 aromatic carbocycles. The minimum absolute atomic E-state index is 0.0851. The number of para-hydroxylation sites is 1. The second kappa shape index (κ2) is 5.54. The number of nitrogens with zero attached hydrogens (tertiary/aromatic N) is 1. The van der Waals surface area contributed by atoms with E-state index in [9.17, 15) is 4.79 Å². The van der Waals surface area contributed by atoms with Crippen LogP contribution in [0.15, 0.2) is 72.8 Å². The molecule has 1 N–H and O–H groups in total. The van der Waals surface area contributed by atoms with E-state index in [-0.39, 0.29) is 5.91 Å². The monoisotopic (exact) mass is 298 g/mol. The number of nitrogens with one attached hydrogen (secondary N) is 1. The molecular formula is C20H14N2O. The summed E-state index contributed by atoms with van der Waals surface area (Å²) in [7, 11) is 0. The third-order valence-electron chi connectivity index (χ3n) is 3.84. The summed E-state index contributed by atoms with van der Waals surface area (Å²) in [6.07, 6.45) is 1.84. The molecule has 4 rings (SSSR count). The highest BCUT2D eigenvalue weighted by Crippen LogP contribution is 2.32. The topological polar surface area (TPSA) is 42.0 Å². The first-order valence-corrected chi connectivity index (χ1v) is 7.46. The number of carbonyl (C=O) groups excluding carboxylic acids is 1. The van der Waals surface area contributed by atoms with Crippen molar-refractivity contribution in [2.24, 2.45) is 0 Å². The van der Waals surface area contributed by atoms with Crippen LogP contribution in [0.3, 0.4) is 0 Å². The molecule has 23 heavy (non-hydrogen) atoms. The number of hydrogen-bond acceptors (Lipinski definition) is 2. The summed E-state index contributed by atoms with van der Waals surface area (Å²) in [6, 6.07) is 23.5. The Morgan fingerprint density at radius 1 is 0.826 bits per heavy atom. The van der Waals surface area contributed by atoms with Crippen molar-refractivity contribution in [1.29, 1.82) is 0 Å². The molecule has 2 heterocycles. The van der Waals surface area contributed by atoms with Gasteiger partial charge in [-0.3, -0.25) is 4.79 Å². The average Bonchev–Trinajstić information content (AvgIpc) is 2.92. The standard InChI is InChI=1S/C20H14N2O/c23-20-17(16-10-4-5-11-19(16)22-20)13-15-9-6-12-18(21-15)14-7-2-1-3-8-14/h1-13H,(H,22,23)/b17-13-. The number of rotatable bonds is 2. The predicted octanol–water partition coefficient (Wildman–Crippen LogP) is 4.24. The highest BCUT2D eigenvalue weighted by molar-refractivity contribution is 6.34. The van der Waals surface area contributed by atoms with Crippen LogP contribution in [0.1, 0.15) is 11.3 Å². The molecule has 1 aliphatic rings. The molecule has 0 fully saturated rings. The van der Waals surface area contributed by atoms with Gasteiger partial charge in [-0.25, -0.2) is 4.98 Å². The average molecular weight is 298 g/mol. The predicted molar refractivity (Wildman–Crippen MR) is 92.6 cm³/mol. The van der Waals surface area contributed by atoms with Gasteiger partial charge in [-0.05, 0) is 24.3 Å². The van der Waals surface area contributed by atoms with Crippen LogP contribution in [0.5, 0.6) is 0 Å². The van der Waals surface area contributed by atoms with E-state index in [0.29, 0.717) is 5.57 Å². The molecule has 0 spiro atoms. The summed E-state index contributed by atoms with van der Waals surface area (Å²) < 4.78 is 0. The molecule has 1 aromatic heterocycles. The Kier molecular flexibility index (Phi) is 3.24. The lowest BCUT2D eigenvalue weighted by atomic mass is 10.1. The highest BCUT2D eigenvalue weighted by atomic mass is 16.2. The summed E-state index contributed by atoms with van der Waals surface area (Å²) >= 11 is 0. The summed E-state index contributed by atoms with van der Waals surface area (Å²) in [5.74, 6) is -0.0851. The fourth-order valence-electron chi connectivity index (χ4n) is 2.73. The zero-order valence-corrected chi connectivity index (χ0v) is 12.4. The van der Waals surface area contributed by atoms with Gasteiger partial charge in [0.05, 0.1) is 17.0 Å². The Morgan fingerprint density at radius 2 is 1.61 bits per heavy atom. The quantitative estimate of drug-likeness (QED) is 0.719. The van der Waals surface area contributed by atoms with Crippen LogP contribution in [-0.2, 0) is 4.79 Å². The van der Waals surface area contributed by atoms with E-state index in [1.54, 1.807) is 0 Å². The Morgan fingerprint density at radius 3 is 2.48 bits per heavy atom. The normalized spacial score (nSPS) is 14.6. The molecule has 0 atom stereocenters. The summed E-state index contributed by atoms with van der Waals surface area (Å²) in [4.78, 5) is 16.8. The molecule has 3 aromatic rings. The van der Waals surface area contributed by atoms with Crippen molar-refractivity contribution < 1.29 is 4.79 Å². The number of aromatic nitrogens is 1. The van der Waals surface area contributed by atoms with Crippen molar-refractivity contribution in [3.8, 4) is 11.3 Å². The molecule has 0 radical (unpaired) electrons. The number of pyridine rings is 1. The van der Waals surface area contributed by atoms with Gasteiger partial charge >= 0.3 is 0 Å². The number of benzene rings is 2. The molecule has 1 aliphatic heterocycles. The first-order valence-electron chi connectivity index (χ1n) is 7.46. The van der Waals surface area contributed by atoms with Crippen molar-refractivity contribution in [1.82, 2.24) is 4.98 Å². The van der Waals surface area contributed by atoms with Crippen molar-refractivity contribution in [2.45, 2.75) is 0 Å². The van der Waals surface area contributed by atoms with E-state index in [2.05, 4.69) is 10.3 Å². The van der Waals surface area contributed by atoms with Crippen molar-refractivity contribution in [2.75, 3.05) is 5.32 Å². The zero-order chi connectivity index (χ0) is 15.6. The second-order valence-electron chi connectivity index (χ2n) is 5.37. The van der Waals surface area contributed by atoms with Gasteiger partial charge in [-0.1, -0.05) is 54.6 Å². The van der Waals surface area contributed by atoms with Gasteiger partial charge in [0, 0.05) is 16.8 Å². The van der Waals surface area contributed by atoms with E-state index in [4.69, 9.17) is 0 Å². The first kappa shape index (κ1) is 13.5. The summed E-state index contributed by atoms with van der Waals surface area (Å²) in [6.45, 7) is 0. The molecule has 0 aliphatic carbocycles. The van der Waals surface area contributed by atoms with Gasteiger partial charge in [0.2, 0.25) is 0 Å². The number of anilines is 1. The molecule has 0 bridgehead atoms. The lowest BCUT2D eigenvalue weighted by Crippen LogP contribution is -2.03. The van der Waals surface area contributed by atoms with E-state index >= 15 is 0 Å². The van der Waals surface area contributed by atoms with Crippen LogP contribution in [0.4, 0.5) is 5.69 Å². The molecule has 3 nitrogen and oxygen atoms in total. The minimum Gasteiger partial charge on any atom is -0.321 e. The minimum atomic E-state index is -0.0851. The number of carbonyl (C=O) groups is 1. The largest absolute Gasteiger partial charge is 0.321 e. The molecule has 0 saturated carbocycles. The number of fused-ring (bicyclic) bond motifs is 1. The SMILES string of the molecule is O=C1Nc2ccccc2/C1=C/c1cccc(-c2ccccc2)n1. The van der Waals surface area contributed by atoms with Crippen LogP contribution in [-0.4, -0.2) is 10.9 Å². The molecule has 3 heteroatoms. The van der Waals surface area contributed by atoms with E-state index in [1.807, 2.05) is 78.9 Å². The Labute approximate surface area is 134 Å². The summed E-state index contributed by atoms with van der Waals surface area (Å²) in [5, 5.41) is 2.88. The fourth-order valence-corrected chi connectivity index (χ4v) is 2.73. The number of amides is 1.